The first-order chi connectivity index (χ1) is 15.8. The number of carbonyl (C=O) groups is 2. The van der Waals surface area contributed by atoms with Gasteiger partial charge in [0.1, 0.15) is 5.60 Å². The molecular formula is C25H32Cl2N4O3. The fourth-order valence-electron chi connectivity index (χ4n) is 3.86. The number of halogens is 2. The Bertz CT molecular complexity index is 1080. The zero-order valence-corrected chi connectivity index (χ0v) is 22.0. The van der Waals surface area contributed by atoms with Gasteiger partial charge in [0, 0.05) is 49.1 Å². The third kappa shape index (κ3) is 6.62. The van der Waals surface area contributed by atoms with Crippen LogP contribution < -0.4 is 5.32 Å². The van der Waals surface area contributed by atoms with Crippen LogP contribution in [0.2, 0.25) is 10.0 Å². The lowest BCUT2D eigenvalue weighted by Crippen LogP contribution is -2.54. The highest BCUT2D eigenvalue weighted by atomic mass is 35.5. The molecule has 1 fully saturated rings. The lowest BCUT2D eigenvalue weighted by atomic mass is 10.0. The van der Waals surface area contributed by atoms with Crippen LogP contribution in [0.4, 0.5) is 10.5 Å². The van der Waals surface area contributed by atoms with Gasteiger partial charge in [0.25, 0.3) is 5.91 Å². The van der Waals surface area contributed by atoms with Gasteiger partial charge >= 0.3 is 6.09 Å². The number of hydrogen-bond donors (Lipinski definition) is 1. The van der Waals surface area contributed by atoms with E-state index < -0.39 is 5.60 Å². The first-order valence-electron chi connectivity index (χ1n) is 11.3. The summed E-state index contributed by atoms with van der Waals surface area (Å²) in [5.74, 6) is -0.301. The zero-order chi connectivity index (χ0) is 25.2. The molecule has 1 aliphatic heterocycles. The number of aryl methyl sites for hydroxylation is 1. The maximum Gasteiger partial charge on any atom is 0.410 e. The predicted molar refractivity (Wildman–Crippen MR) is 136 cm³/mol. The number of nitrogens with one attached hydrogen (secondary N) is 1. The largest absolute Gasteiger partial charge is 0.444 e. The van der Waals surface area contributed by atoms with Crippen LogP contribution in [-0.4, -0.2) is 58.1 Å². The maximum absolute atomic E-state index is 12.8. The summed E-state index contributed by atoms with van der Waals surface area (Å²) in [6.07, 6.45) is 1.22. The van der Waals surface area contributed by atoms with Gasteiger partial charge in [-0.25, -0.2) is 4.79 Å². The summed E-state index contributed by atoms with van der Waals surface area (Å²) >= 11 is 12.5. The molecule has 1 atom stereocenters. The molecule has 3 rings (SSSR count). The van der Waals surface area contributed by atoms with Crippen LogP contribution in [0.1, 0.15) is 54.9 Å². The van der Waals surface area contributed by atoms with Gasteiger partial charge < -0.3 is 15.0 Å². The Balaban J connectivity index is 1.70. The lowest BCUT2D eigenvalue weighted by molar-refractivity contribution is 0.000535. The van der Waals surface area contributed by atoms with E-state index in [0.29, 0.717) is 53.2 Å². The Labute approximate surface area is 211 Å². The minimum absolute atomic E-state index is 0.0149. The molecular weight excluding hydrogens is 475 g/mol. The van der Waals surface area contributed by atoms with Crippen molar-refractivity contribution in [3.8, 4) is 0 Å². The fourth-order valence-corrected chi connectivity index (χ4v) is 4.27. The molecule has 2 heterocycles. The second-order valence-electron chi connectivity index (χ2n) is 9.74. The van der Waals surface area contributed by atoms with Gasteiger partial charge in [0.2, 0.25) is 0 Å². The molecule has 2 aromatic rings. The monoisotopic (exact) mass is 506 g/mol. The van der Waals surface area contributed by atoms with Crippen molar-refractivity contribution < 1.29 is 14.3 Å². The van der Waals surface area contributed by atoms with Crippen molar-refractivity contribution in [3.05, 3.63) is 56.8 Å². The molecule has 1 N–H and O–H groups in total. The quantitative estimate of drug-likeness (QED) is 0.575. The molecule has 0 spiro atoms. The van der Waals surface area contributed by atoms with Crippen LogP contribution in [0.25, 0.3) is 0 Å². The second-order valence-corrected chi connectivity index (χ2v) is 10.6. The van der Waals surface area contributed by atoms with E-state index in [1.807, 2.05) is 40.7 Å². The number of carbonyl (C=O) groups excluding carboxylic acids is 2. The molecule has 0 unspecified atom stereocenters. The van der Waals surface area contributed by atoms with E-state index in [4.69, 9.17) is 27.9 Å². The van der Waals surface area contributed by atoms with Gasteiger partial charge in [-0.2, -0.15) is 0 Å². The Hall–Kier alpha value is -2.35. The molecule has 1 aromatic carbocycles. The van der Waals surface area contributed by atoms with Crippen LogP contribution in [0, 0.1) is 13.8 Å². The molecule has 34 heavy (non-hydrogen) atoms. The van der Waals surface area contributed by atoms with Gasteiger partial charge in [-0.1, -0.05) is 23.2 Å². The number of nitrogens with zero attached hydrogens (tertiary/aromatic N) is 3. The van der Waals surface area contributed by atoms with E-state index >= 15 is 0 Å². The fraction of sp³-hybridized carbons (Fsp3) is 0.480. The molecule has 1 aromatic heterocycles. The first-order valence-corrected chi connectivity index (χ1v) is 12.0. The second kappa shape index (κ2) is 10.5. The summed E-state index contributed by atoms with van der Waals surface area (Å²) in [6.45, 7) is 14.0. The number of rotatable bonds is 4. The van der Waals surface area contributed by atoms with Crippen LogP contribution in [-0.2, 0) is 11.3 Å². The summed E-state index contributed by atoms with van der Waals surface area (Å²) in [6, 6.07) is 5.28. The number of pyridine rings is 1. The number of ether oxygens (including phenoxy) is 1. The Morgan fingerprint density at radius 3 is 2.50 bits per heavy atom. The van der Waals surface area contributed by atoms with Crippen molar-refractivity contribution >= 4 is 40.9 Å². The van der Waals surface area contributed by atoms with Crippen molar-refractivity contribution in [1.29, 1.82) is 0 Å². The SMILES string of the molecule is Cc1ncc(C(=O)Nc2cc(Cl)cc(CN3CCN(C(=O)OC(C)(C)C)[C@@H](C)C3)c2C)cc1Cl. The number of amides is 2. The molecule has 0 bridgehead atoms. The van der Waals surface area contributed by atoms with E-state index in [0.717, 1.165) is 11.1 Å². The standard InChI is InChI=1S/C25H32Cl2N4O3/c1-15-13-30(7-8-31(15)24(33)34-25(4,5)6)14-19-9-20(26)11-22(16(19)2)29-23(32)18-10-21(27)17(3)28-12-18/h9-12,15H,7-8,13-14H2,1-6H3,(H,29,32)/t15-/m0/s1. The minimum Gasteiger partial charge on any atom is -0.444 e. The highest BCUT2D eigenvalue weighted by molar-refractivity contribution is 6.32. The molecule has 1 saturated heterocycles. The molecule has 7 nitrogen and oxygen atoms in total. The molecule has 2 amide bonds. The normalized spacial score (nSPS) is 16.9. The third-order valence-electron chi connectivity index (χ3n) is 5.75. The molecule has 184 valence electrons. The van der Waals surface area contributed by atoms with E-state index in [9.17, 15) is 9.59 Å². The number of aromatic nitrogens is 1. The molecule has 9 heteroatoms. The number of piperazine rings is 1. The Morgan fingerprint density at radius 1 is 1.18 bits per heavy atom. The van der Waals surface area contributed by atoms with Gasteiger partial charge in [0.15, 0.2) is 0 Å². The summed E-state index contributed by atoms with van der Waals surface area (Å²) in [7, 11) is 0. The molecule has 1 aliphatic rings. The van der Waals surface area contributed by atoms with Crippen LogP contribution in [0.3, 0.4) is 0 Å². The maximum atomic E-state index is 12.8. The predicted octanol–water partition coefficient (Wildman–Crippen LogP) is 5.70. The van der Waals surface area contributed by atoms with Gasteiger partial charge in [-0.3, -0.25) is 14.7 Å². The number of anilines is 1. The van der Waals surface area contributed by atoms with Gasteiger partial charge in [-0.05, 0) is 70.9 Å². The van der Waals surface area contributed by atoms with E-state index in [1.165, 1.54) is 6.20 Å². The van der Waals surface area contributed by atoms with Gasteiger partial charge in [-0.15, -0.1) is 0 Å². The smallest absolute Gasteiger partial charge is 0.410 e. The molecule has 0 saturated carbocycles. The zero-order valence-electron chi connectivity index (χ0n) is 20.5. The van der Waals surface area contributed by atoms with Crippen molar-refractivity contribution in [1.82, 2.24) is 14.8 Å². The van der Waals surface area contributed by atoms with E-state index in [1.54, 1.807) is 24.0 Å². The third-order valence-corrected chi connectivity index (χ3v) is 6.35. The van der Waals surface area contributed by atoms with Crippen LogP contribution in [0.5, 0.6) is 0 Å². The topological polar surface area (TPSA) is 74.8 Å². The molecule has 0 radical (unpaired) electrons. The highest BCUT2D eigenvalue weighted by Crippen LogP contribution is 2.28. The minimum atomic E-state index is -0.521. The number of hydrogen-bond acceptors (Lipinski definition) is 5. The summed E-state index contributed by atoms with van der Waals surface area (Å²) < 4.78 is 5.54. The lowest BCUT2D eigenvalue weighted by Gasteiger charge is -2.40. The van der Waals surface area contributed by atoms with E-state index in [2.05, 4.69) is 15.2 Å². The summed E-state index contributed by atoms with van der Waals surface area (Å²) in [5.41, 5.74) is 3.12. The van der Waals surface area contributed by atoms with E-state index in [-0.39, 0.29) is 18.0 Å². The Morgan fingerprint density at radius 2 is 1.88 bits per heavy atom. The molecule has 0 aliphatic carbocycles. The average Bonchev–Trinajstić information content (AvgIpc) is 2.72. The van der Waals surface area contributed by atoms with Crippen molar-refractivity contribution in [2.45, 2.75) is 59.7 Å². The van der Waals surface area contributed by atoms with Crippen molar-refractivity contribution in [2.24, 2.45) is 0 Å². The Kier molecular flexibility index (Phi) is 8.11. The first kappa shape index (κ1) is 26.3. The van der Waals surface area contributed by atoms with Crippen LogP contribution >= 0.6 is 23.2 Å². The van der Waals surface area contributed by atoms with Gasteiger partial charge in [0.05, 0.1) is 16.3 Å². The summed E-state index contributed by atoms with van der Waals surface area (Å²) in [5, 5.41) is 3.91. The van der Waals surface area contributed by atoms with Crippen LogP contribution in [0.15, 0.2) is 24.4 Å². The number of benzene rings is 1. The highest BCUT2D eigenvalue weighted by Gasteiger charge is 2.31. The van der Waals surface area contributed by atoms with Crippen molar-refractivity contribution in [2.75, 3.05) is 25.0 Å². The summed E-state index contributed by atoms with van der Waals surface area (Å²) in [4.78, 5) is 33.5. The average molecular weight is 507 g/mol. The van der Waals surface area contributed by atoms with Crippen molar-refractivity contribution in [3.63, 3.8) is 0 Å².